The van der Waals surface area contributed by atoms with Crippen LogP contribution in [0.5, 0.6) is 0 Å². The van der Waals surface area contributed by atoms with Crippen LogP contribution in [-0.4, -0.2) is 25.5 Å². The molecule has 0 atom stereocenters. The molecule has 0 N–H and O–H groups in total. The molecule has 0 amide bonds. The molecule has 0 bridgehead atoms. The van der Waals surface area contributed by atoms with E-state index >= 15 is 0 Å². The van der Waals surface area contributed by atoms with Crippen LogP contribution in [0.15, 0.2) is 73.1 Å². The number of hydrogen-bond acceptors (Lipinski definition) is 4. The number of nitrogens with zero attached hydrogens (tertiary/aromatic N) is 4. The number of aromatic nitrogens is 4. The van der Waals surface area contributed by atoms with Gasteiger partial charge >= 0.3 is 5.97 Å². The summed E-state index contributed by atoms with van der Waals surface area (Å²) < 4.78 is 8.81. The molecule has 0 radical (unpaired) electrons. The van der Waals surface area contributed by atoms with E-state index in [1.54, 1.807) is 27.7 Å². The first-order valence-electron chi connectivity index (χ1n) is 8.70. The highest BCUT2D eigenvalue weighted by Gasteiger charge is 2.17. The molecule has 0 unspecified atom stereocenters. The summed E-state index contributed by atoms with van der Waals surface area (Å²) in [7, 11) is 0. The van der Waals surface area contributed by atoms with Crippen molar-refractivity contribution >= 4 is 17.6 Å². The fourth-order valence-electron chi connectivity index (χ4n) is 2.83. The van der Waals surface area contributed by atoms with Gasteiger partial charge in [-0.3, -0.25) is 0 Å². The molecule has 0 aliphatic heterocycles. The predicted octanol–water partition coefficient (Wildman–Crippen LogP) is 4.38. The Balaban J connectivity index is 1.47. The van der Waals surface area contributed by atoms with E-state index in [9.17, 15) is 4.79 Å². The zero-order valence-corrected chi connectivity index (χ0v) is 15.9. The lowest BCUT2D eigenvalue weighted by Gasteiger charge is -2.07. The summed E-state index contributed by atoms with van der Waals surface area (Å²) in [6.45, 7) is 1.89. The molecule has 0 spiro atoms. The predicted molar refractivity (Wildman–Crippen MR) is 106 cm³/mol. The number of hydrogen-bond donors (Lipinski definition) is 0. The van der Waals surface area contributed by atoms with Gasteiger partial charge in [0.15, 0.2) is 0 Å². The average Bonchev–Trinajstić information content (AvgIpc) is 3.36. The van der Waals surface area contributed by atoms with Crippen LogP contribution in [0, 0.1) is 6.92 Å². The van der Waals surface area contributed by atoms with E-state index in [-0.39, 0.29) is 6.61 Å². The van der Waals surface area contributed by atoms with Crippen LogP contribution in [0.1, 0.15) is 21.6 Å². The Morgan fingerprint density at radius 1 is 1.04 bits per heavy atom. The van der Waals surface area contributed by atoms with Gasteiger partial charge in [0.05, 0.1) is 22.6 Å². The van der Waals surface area contributed by atoms with Gasteiger partial charge in [0.25, 0.3) is 0 Å². The van der Waals surface area contributed by atoms with E-state index in [0.717, 1.165) is 17.1 Å². The number of esters is 1. The third-order valence-electron chi connectivity index (χ3n) is 4.34. The number of carbonyl (C=O) groups excluding carboxylic acids is 1. The second kappa shape index (κ2) is 7.70. The largest absolute Gasteiger partial charge is 0.457 e. The number of benzene rings is 2. The number of carbonyl (C=O) groups is 1. The maximum absolute atomic E-state index is 12.4. The molecule has 0 saturated heterocycles. The monoisotopic (exact) mass is 392 g/mol. The number of aryl methyl sites for hydroxylation is 1. The Kier molecular flexibility index (Phi) is 4.95. The summed E-state index contributed by atoms with van der Waals surface area (Å²) in [5.41, 5.74) is 3.58. The maximum Gasteiger partial charge on any atom is 0.338 e. The molecule has 4 rings (SSSR count). The summed E-state index contributed by atoms with van der Waals surface area (Å²) >= 11 is 6.47. The Morgan fingerprint density at radius 2 is 1.79 bits per heavy atom. The Morgan fingerprint density at radius 3 is 2.46 bits per heavy atom. The normalized spacial score (nSPS) is 10.8. The van der Waals surface area contributed by atoms with Gasteiger partial charge in [0, 0.05) is 18.0 Å². The Labute approximate surface area is 166 Å². The Hall–Kier alpha value is -3.38. The first kappa shape index (κ1) is 18.0. The van der Waals surface area contributed by atoms with Crippen LogP contribution < -0.4 is 0 Å². The van der Waals surface area contributed by atoms with Crippen LogP contribution in [0.3, 0.4) is 0 Å². The quantitative estimate of drug-likeness (QED) is 0.473. The van der Waals surface area contributed by atoms with Crippen molar-refractivity contribution in [2.45, 2.75) is 13.5 Å². The van der Waals surface area contributed by atoms with Crippen LogP contribution in [0.4, 0.5) is 0 Å². The fraction of sp³-hybridized carbons (Fsp3) is 0.0952. The molecule has 6 nitrogen and oxygen atoms in total. The number of halogens is 1. The highest BCUT2D eigenvalue weighted by Crippen LogP contribution is 2.24. The second-order valence-corrected chi connectivity index (χ2v) is 6.53. The van der Waals surface area contributed by atoms with Gasteiger partial charge in [0.2, 0.25) is 0 Å². The van der Waals surface area contributed by atoms with Crippen LogP contribution in [0.25, 0.3) is 11.4 Å². The third kappa shape index (κ3) is 3.54. The summed E-state index contributed by atoms with van der Waals surface area (Å²) in [4.78, 5) is 12.4. The molecule has 0 aliphatic carbocycles. The van der Waals surface area contributed by atoms with Crippen molar-refractivity contribution in [1.82, 2.24) is 19.6 Å². The summed E-state index contributed by atoms with van der Waals surface area (Å²) in [6.07, 6.45) is 3.53. The van der Waals surface area contributed by atoms with Crippen molar-refractivity contribution < 1.29 is 9.53 Å². The van der Waals surface area contributed by atoms with Crippen LogP contribution in [-0.2, 0) is 11.3 Å². The zero-order valence-electron chi connectivity index (χ0n) is 15.1. The number of para-hydroxylation sites is 1. The summed E-state index contributed by atoms with van der Waals surface area (Å²) in [5, 5.41) is 9.05. The third-order valence-corrected chi connectivity index (χ3v) is 4.73. The smallest absolute Gasteiger partial charge is 0.338 e. The van der Waals surface area contributed by atoms with E-state index in [1.807, 2.05) is 61.7 Å². The summed E-state index contributed by atoms with van der Waals surface area (Å²) in [5.74, 6) is -0.421. The molecular weight excluding hydrogens is 376 g/mol. The van der Waals surface area contributed by atoms with Crippen molar-refractivity contribution in [3.8, 4) is 11.4 Å². The highest BCUT2D eigenvalue weighted by atomic mass is 35.5. The van der Waals surface area contributed by atoms with Crippen LogP contribution in [0.2, 0.25) is 5.15 Å². The lowest BCUT2D eigenvalue weighted by molar-refractivity contribution is 0.0472. The summed E-state index contributed by atoms with van der Waals surface area (Å²) in [6, 6.07) is 18.5. The van der Waals surface area contributed by atoms with E-state index < -0.39 is 5.97 Å². The molecule has 2 aromatic carbocycles. The Bertz CT molecular complexity index is 1090. The lowest BCUT2D eigenvalue weighted by Crippen LogP contribution is -2.06. The van der Waals surface area contributed by atoms with E-state index in [0.29, 0.717) is 16.3 Å². The SMILES string of the molecule is Cc1nn(-c2ccccc2)c(Cl)c1COC(=O)c1ccc(-n2cccn2)cc1. The van der Waals surface area contributed by atoms with Gasteiger partial charge in [-0.05, 0) is 49.4 Å². The number of rotatable bonds is 5. The minimum Gasteiger partial charge on any atom is -0.457 e. The van der Waals surface area contributed by atoms with E-state index in [2.05, 4.69) is 10.2 Å². The zero-order chi connectivity index (χ0) is 19.5. The molecule has 0 fully saturated rings. The van der Waals surface area contributed by atoms with Crippen molar-refractivity contribution in [2.75, 3.05) is 0 Å². The van der Waals surface area contributed by atoms with Crippen molar-refractivity contribution in [2.24, 2.45) is 0 Å². The van der Waals surface area contributed by atoms with Crippen molar-refractivity contribution in [1.29, 1.82) is 0 Å². The van der Waals surface area contributed by atoms with Crippen molar-refractivity contribution in [3.63, 3.8) is 0 Å². The highest BCUT2D eigenvalue weighted by molar-refractivity contribution is 6.30. The first-order chi connectivity index (χ1) is 13.6. The molecule has 0 aliphatic rings. The molecule has 0 saturated carbocycles. The average molecular weight is 393 g/mol. The van der Waals surface area contributed by atoms with Gasteiger partial charge in [-0.1, -0.05) is 29.8 Å². The molecule has 28 heavy (non-hydrogen) atoms. The molecular formula is C21H17ClN4O2. The van der Waals surface area contributed by atoms with Crippen molar-refractivity contribution in [3.05, 3.63) is 95.0 Å². The molecule has 2 aromatic heterocycles. The molecule has 2 heterocycles. The van der Waals surface area contributed by atoms with Gasteiger partial charge in [0.1, 0.15) is 11.8 Å². The molecule has 7 heteroatoms. The van der Waals surface area contributed by atoms with Gasteiger partial charge in [-0.15, -0.1) is 0 Å². The fourth-order valence-corrected chi connectivity index (χ4v) is 3.16. The van der Waals surface area contributed by atoms with E-state index in [4.69, 9.17) is 16.3 Å². The van der Waals surface area contributed by atoms with Crippen LogP contribution >= 0.6 is 11.6 Å². The maximum atomic E-state index is 12.4. The topological polar surface area (TPSA) is 61.9 Å². The second-order valence-electron chi connectivity index (χ2n) is 6.18. The van der Waals surface area contributed by atoms with Gasteiger partial charge in [-0.25, -0.2) is 14.2 Å². The standard InChI is InChI=1S/C21H17ClN4O2/c1-15-19(20(22)26(24-15)18-6-3-2-4-7-18)14-28-21(27)16-8-10-17(11-9-16)25-13-5-12-23-25/h2-13H,14H2,1H3. The minimum atomic E-state index is -0.421. The van der Waals surface area contributed by atoms with Gasteiger partial charge in [-0.2, -0.15) is 10.2 Å². The van der Waals surface area contributed by atoms with E-state index in [1.165, 1.54) is 0 Å². The van der Waals surface area contributed by atoms with Gasteiger partial charge < -0.3 is 4.74 Å². The molecule has 4 aromatic rings. The number of ether oxygens (including phenoxy) is 1. The molecule has 140 valence electrons. The lowest BCUT2D eigenvalue weighted by atomic mass is 10.2. The minimum absolute atomic E-state index is 0.0528. The first-order valence-corrected chi connectivity index (χ1v) is 9.08.